The van der Waals surface area contributed by atoms with E-state index in [2.05, 4.69) is 142 Å². The Bertz CT molecular complexity index is 1750. The van der Waals surface area contributed by atoms with Crippen LogP contribution in [0.5, 0.6) is 0 Å². The van der Waals surface area contributed by atoms with Gasteiger partial charge in [-0.05, 0) is 110 Å². The van der Waals surface area contributed by atoms with Gasteiger partial charge in [-0.25, -0.2) is 0 Å². The van der Waals surface area contributed by atoms with Crippen LogP contribution < -0.4 is 9.80 Å². The van der Waals surface area contributed by atoms with Crippen molar-refractivity contribution in [3.05, 3.63) is 89.8 Å². The monoisotopic (exact) mass is 804 g/mol. The molecule has 2 nitrogen and oxygen atoms in total. The Kier molecular flexibility index (Phi) is 12.4. The van der Waals surface area contributed by atoms with E-state index in [9.17, 15) is 0 Å². The average Bonchev–Trinajstić information content (AvgIpc) is 3.88. The second-order valence-electron chi connectivity index (χ2n) is 13.6. The van der Waals surface area contributed by atoms with Crippen molar-refractivity contribution < 1.29 is 0 Å². The number of fused-ring (bicyclic) bond motifs is 2. The Labute approximate surface area is 314 Å². The van der Waals surface area contributed by atoms with E-state index < -0.39 is 0 Å². The normalized spacial score (nSPS) is 17.0. The standard InChI is InChI=1S/C42H50Br2N2S2/c1-5-9-13-29(7-3)25-45-27-36(34-15-11-12-16-38(34)45)37-28-46(26-30(8-4)14-10-6-2)39-23-31(18-21-35(37)39)40-22-20-33(47-40)19-17-32-24-41(43)48-42(32)44/h11-12,15-24,29-30H,5-10,13-14,25-28H2,1-4H3/b19-17+,37-36-. The van der Waals surface area contributed by atoms with Crippen LogP contribution in [0.1, 0.15) is 101 Å². The van der Waals surface area contributed by atoms with E-state index in [4.69, 9.17) is 0 Å². The number of unbranched alkanes of at least 4 members (excludes halogenated alkanes) is 2. The molecule has 0 saturated carbocycles. The van der Waals surface area contributed by atoms with Crippen molar-refractivity contribution in [2.45, 2.75) is 79.1 Å². The van der Waals surface area contributed by atoms with Crippen LogP contribution in [0.25, 0.3) is 33.7 Å². The molecule has 48 heavy (non-hydrogen) atoms. The van der Waals surface area contributed by atoms with Crippen LogP contribution in [0.3, 0.4) is 0 Å². The zero-order valence-corrected chi connectivity index (χ0v) is 33.8. The molecule has 0 aliphatic carbocycles. The molecule has 0 N–H and O–H groups in total. The van der Waals surface area contributed by atoms with Crippen LogP contribution in [0.15, 0.2) is 68.2 Å². The topological polar surface area (TPSA) is 6.48 Å². The largest absolute Gasteiger partial charge is 0.366 e. The van der Waals surface area contributed by atoms with Gasteiger partial charge in [-0.15, -0.1) is 22.7 Å². The second kappa shape index (κ2) is 16.7. The lowest BCUT2D eigenvalue weighted by Gasteiger charge is -2.26. The van der Waals surface area contributed by atoms with E-state index in [0.29, 0.717) is 0 Å². The van der Waals surface area contributed by atoms with Gasteiger partial charge in [-0.1, -0.05) is 103 Å². The molecule has 4 heterocycles. The van der Waals surface area contributed by atoms with Crippen molar-refractivity contribution in [1.29, 1.82) is 0 Å². The molecule has 2 unspecified atom stereocenters. The predicted octanol–water partition coefficient (Wildman–Crippen LogP) is 14.2. The van der Waals surface area contributed by atoms with Crippen molar-refractivity contribution in [2.24, 2.45) is 11.8 Å². The van der Waals surface area contributed by atoms with E-state index in [0.717, 1.165) is 45.6 Å². The summed E-state index contributed by atoms with van der Waals surface area (Å²) in [4.78, 5) is 8.03. The van der Waals surface area contributed by atoms with Gasteiger partial charge in [-0.3, -0.25) is 0 Å². The molecule has 0 amide bonds. The molecule has 2 aromatic heterocycles. The minimum Gasteiger partial charge on any atom is -0.366 e. The molecule has 6 heteroatoms. The maximum atomic E-state index is 3.70. The van der Waals surface area contributed by atoms with Gasteiger partial charge in [0.05, 0.1) is 7.57 Å². The Hall–Kier alpha value is -2.12. The summed E-state index contributed by atoms with van der Waals surface area (Å²) in [6, 6.07) is 23.3. The summed E-state index contributed by atoms with van der Waals surface area (Å²) in [5.41, 5.74) is 11.4. The Morgan fingerprint density at radius 3 is 1.98 bits per heavy atom. The predicted molar refractivity (Wildman–Crippen MR) is 223 cm³/mol. The molecule has 4 aromatic rings. The van der Waals surface area contributed by atoms with Crippen LogP contribution in [0, 0.1) is 11.8 Å². The number of anilines is 2. The second-order valence-corrected chi connectivity index (χ2v) is 18.5. The number of rotatable bonds is 15. The SMILES string of the molecule is CCCCC(CC)CN1C/C(=C2\CN(CC(CC)CCCC)c3cc(-c4ccc(/C=C/c5cc(Br)sc5Br)s4)ccc32)c2ccccc21. The summed E-state index contributed by atoms with van der Waals surface area (Å²) in [6.07, 6.45) is 14.8. The van der Waals surface area contributed by atoms with Crippen LogP contribution >= 0.6 is 54.5 Å². The molecule has 2 atom stereocenters. The lowest BCUT2D eigenvalue weighted by atomic mass is 9.96. The van der Waals surface area contributed by atoms with Crippen molar-refractivity contribution in [1.82, 2.24) is 0 Å². The van der Waals surface area contributed by atoms with Gasteiger partial charge < -0.3 is 9.80 Å². The Morgan fingerprint density at radius 2 is 1.35 bits per heavy atom. The van der Waals surface area contributed by atoms with Gasteiger partial charge in [0.25, 0.3) is 0 Å². The van der Waals surface area contributed by atoms with Gasteiger partial charge in [0, 0.05) is 64.0 Å². The molecule has 2 aliphatic rings. The number of benzene rings is 2. The van der Waals surface area contributed by atoms with Crippen LogP contribution in [-0.4, -0.2) is 26.2 Å². The van der Waals surface area contributed by atoms with E-state index >= 15 is 0 Å². The molecule has 6 rings (SSSR count). The van der Waals surface area contributed by atoms with Crippen molar-refractivity contribution in [2.75, 3.05) is 36.0 Å². The lowest BCUT2D eigenvalue weighted by Crippen LogP contribution is -2.28. The Balaban J connectivity index is 1.34. The highest BCUT2D eigenvalue weighted by molar-refractivity contribution is 9.12. The fraction of sp³-hybridized carbons (Fsp3) is 0.429. The maximum Gasteiger partial charge on any atom is 0.0782 e. The average molecular weight is 807 g/mol. The van der Waals surface area contributed by atoms with E-state index in [1.54, 1.807) is 22.5 Å². The lowest BCUT2D eigenvalue weighted by molar-refractivity contribution is 0.451. The molecule has 0 bridgehead atoms. The summed E-state index contributed by atoms with van der Waals surface area (Å²) in [6.45, 7) is 13.7. The maximum absolute atomic E-state index is 3.70. The highest BCUT2D eigenvalue weighted by atomic mass is 79.9. The fourth-order valence-corrected chi connectivity index (χ4v) is 11.1. The van der Waals surface area contributed by atoms with Gasteiger partial charge in [0.15, 0.2) is 0 Å². The quantitative estimate of drug-likeness (QED) is 0.118. The summed E-state index contributed by atoms with van der Waals surface area (Å²) in [7, 11) is 0. The minimum atomic E-state index is 0.719. The molecule has 2 aliphatic heterocycles. The first-order chi connectivity index (χ1) is 23.4. The van der Waals surface area contributed by atoms with Crippen LogP contribution in [0.2, 0.25) is 0 Å². The van der Waals surface area contributed by atoms with Gasteiger partial charge in [0.1, 0.15) is 0 Å². The number of hydrogen-bond donors (Lipinski definition) is 0. The number of nitrogens with zero attached hydrogens (tertiary/aromatic N) is 2. The van der Waals surface area contributed by atoms with Crippen molar-refractivity contribution >= 4 is 89.2 Å². The molecule has 254 valence electrons. The van der Waals surface area contributed by atoms with E-state index in [1.165, 1.54) is 94.7 Å². The summed E-state index contributed by atoms with van der Waals surface area (Å²) < 4.78 is 2.30. The van der Waals surface area contributed by atoms with Gasteiger partial charge >= 0.3 is 0 Å². The third-order valence-corrected chi connectivity index (χ3v) is 13.8. The number of thiophene rings is 2. The van der Waals surface area contributed by atoms with Gasteiger partial charge in [0.2, 0.25) is 0 Å². The molecular weight excluding hydrogens is 756 g/mol. The number of halogens is 2. The van der Waals surface area contributed by atoms with Crippen LogP contribution in [0.4, 0.5) is 11.4 Å². The Morgan fingerprint density at radius 1 is 0.708 bits per heavy atom. The van der Waals surface area contributed by atoms with E-state index in [1.807, 2.05) is 11.3 Å². The zero-order chi connectivity index (χ0) is 33.6. The molecular formula is C42H50Br2N2S2. The fourth-order valence-electron chi connectivity index (χ4n) is 7.46. The molecule has 0 saturated heterocycles. The summed E-state index contributed by atoms with van der Waals surface area (Å²) >= 11 is 10.9. The minimum absolute atomic E-state index is 0.719. The first-order valence-electron chi connectivity index (χ1n) is 18.1. The van der Waals surface area contributed by atoms with Gasteiger partial charge in [-0.2, -0.15) is 0 Å². The number of para-hydroxylation sites is 1. The zero-order valence-electron chi connectivity index (χ0n) is 29.0. The first kappa shape index (κ1) is 35.7. The summed E-state index contributed by atoms with van der Waals surface area (Å²) in [5, 5.41) is 0. The molecule has 0 fully saturated rings. The summed E-state index contributed by atoms with van der Waals surface area (Å²) in [5.74, 6) is 1.47. The van der Waals surface area contributed by atoms with E-state index in [-0.39, 0.29) is 0 Å². The van der Waals surface area contributed by atoms with Crippen molar-refractivity contribution in [3.63, 3.8) is 0 Å². The molecule has 2 aromatic carbocycles. The van der Waals surface area contributed by atoms with Crippen molar-refractivity contribution in [3.8, 4) is 10.4 Å². The number of hydrogen-bond acceptors (Lipinski definition) is 4. The highest BCUT2D eigenvalue weighted by Gasteiger charge is 2.33. The first-order valence-corrected chi connectivity index (χ1v) is 21.3. The highest BCUT2D eigenvalue weighted by Crippen LogP contribution is 2.47. The third kappa shape index (κ3) is 8.09. The third-order valence-electron chi connectivity index (χ3n) is 10.4. The van der Waals surface area contributed by atoms with Crippen LogP contribution in [-0.2, 0) is 0 Å². The smallest absolute Gasteiger partial charge is 0.0782 e. The molecule has 0 spiro atoms. The molecule has 0 radical (unpaired) electrons.